The summed E-state index contributed by atoms with van der Waals surface area (Å²) in [7, 11) is -3.13. The van der Waals surface area contributed by atoms with Gasteiger partial charge in [-0.15, -0.1) is 11.8 Å². The van der Waals surface area contributed by atoms with Crippen molar-refractivity contribution in [1.29, 1.82) is 0 Å². The number of rotatable bonds is 3. The van der Waals surface area contributed by atoms with Crippen molar-refractivity contribution in [3.05, 3.63) is 36.4 Å². The zero-order chi connectivity index (χ0) is 12.3. The quantitative estimate of drug-likeness (QED) is 0.789. The van der Waals surface area contributed by atoms with Crippen molar-refractivity contribution >= 4 is 21.6 Å². The maximum Gasteiger partial charge on any atom is 0.176 e. The molecule has 0 fully saturated rings. The SMILES string of the molecule is CS(=O)(=O)c1ccccc1S[C@H]1C=CCCC1. The van der Waals surface area contributed by atoms with Crippen molar-refractivity contribution in [2.45, 2.75) is 34.3 Å². The largest absolute Gasteiger partial charge is 0.224 e. The van der Waals surface area contributed by atoms with Crippen molar-refractivity contribution in [3.63, 3.8) is 0 Å². The summed E-state index contributed by atoms with van der Waals surface area (Å²) in [5, 5.41) is 0.409. The van der Waals surface area contributed by atoms with Crippen molar-refractivity contribution in [2.75, 3.05) is 6.26 Å². The minimum atomic E-state index is -3.13. The standard InChI is InChI=1S/C13H16O2S2/c1-17(14,15)13-10-6-5-9-12(13)16-11-7-3-2-4-8-11/h3,5-7,9-11H,2,4,8H2,1H3/t11-/m0/s1. The van der Waals surface area contributed by atoms with Crippen LogP contribution in [0.5, 0.6) is 0 Å². The summed E-state index contributed by atoms with van der Waals surface area (Å²) in [5.41, 5.74) is 0. The van der Waals surface area contributed by atoms with E-state index in [-0.39, 0.29) is 0 Å². The van der Waals surface area contributed by atoms with Crippen LogP contribution in [-0.2, 0) is 9.84 Å². The van der Waals surface area contributed by atoms with Gasteiger partial charge in [0.15, 0.2) is 9.84 Å². The molecule has 0 aliphatic heterocycles. The van der Waals surface area contributed by atoms with E-state index >= 15 is 0 Å². The van der Waals surface area contributed by atoms with E-state index in [1.165, 1.54) is 12.7 Å². The molecule has 0 radical (unpaired) electrons. The van der Waals surface area contributed by atoms with Crippen molar-refractivity contribution in [1.82, 2.24) is 0 Å². The summed E-state index contributed by atoms with van der Waals surface area (Å²) in [6.45, 7) is 0. The Bertz CT molecular complexity index is 518. The summed E-state index contributed by atoms with van der Waals surface area (Å²) in [6.07, 6.45) is 9.10. The highest BCUT2D eigenvalue weighted by Gasteiger charge is 2.16. The molecule has 0 bridgehead atoms. The van der Waals surface area contributed by atoms with Gasteiger partial charge in [0.25, 0.3) is 0 Å². The average Bonchev–Trinajstić information content (AvgIpc) is 2.30. The Hall–Kier alpha value is -0.740. The number of sulfone groups is 1. The van der Waals surface area contributed by atoms with E-state index in [4.69, 9.17) is 0 Å². The predicted molar refractivity (Wildman–Crippen MR) is 72.2 cm³/mol. The van der Waals surface area contributed by atoms with Gasteiger partial charge in [-0.2, -0.15) is 0 Å². The third-order valence-electron chi connectivity index (χ3n) is 2.74. The first-order valence-corrected chi connectivity index (χ1v) is 8.47. The molecule has 4 heteroatoms. The molecule has 0 aromatic heterocycles. The normalized spacial score (nSPS) is 20.4. The second kappa shape index (κ2) is 5.27. The van der Waals surface area contributed by atoms with Crippen molar-refractivity contribution < 1.29 is 8.42 Å². The second-order valence-corrected chi connectivity index (χ2v) is 7.50. The van der Waals surface area contributed by atoms with Crippen molar-refractivity contribution in [3.8, 4) is 0 Å². The van der Waals surface area contributed by atoms with Crippen LogP contribution >= 0.6 is 11.8 Å². The minimum absolute atomic E-state index is 0.409. The van der Waals surface area contributed by atoms with Gasteiger partial charge < -0.3 is 0 Å². The molecule has 1 aromatic rings. The average molecular weight is 268 g/mol. The first-order chi connectivity index (χ1) is 8.07. The first-order valence-electron chi connectivity index (χ1n) is 5.70. The van der Waals surface area contributed by atoms with Gasteiger partial charge in [0, 0.05) is 16.4 Å². The Balaban J connectivity index is 2.26. The monoisotopic (exact) mass is 268 g/mol. The molecule has 0 amide bonds. The maximum atomic E-state index is 11.7. The fraction of sp³-hybridized carbons (Fsp3) is 0.385. The van der Waals surface area contributed by atoms with Crippen molar-refractivity contribution in [2.24, 2.45) is 0 Å². The molecule has 17 heavy (non-hydrogen) atoms. The van der Waals surface area contributed by atoms with E-state index < -0.39 is 9.84 Å². The van der Waals surface area contributed by atoms with Crippen LogP contribution < -0.4 is 0 Å². The Morgan fingerprint density at radius 1 is 1.29 bits per heavy atom. The molecule has 0 saturated carbocycles. The predicted octanol–water partition coefficient (Wildman–Crippen LogP) is 3.29. The van der Waals surface area contributed by atoms with Crippen LogP contribution in [0.15, 0.2) is 46.2 Å². The molecule has 0 N–H and O–H groups in total. The summed E-state index contributed by atoms with van der Waals surface area (Å²) in [5.74, 6) is 0. The Morgan fingerprint density at radius 3 is 2.71 bits per heavy atom. The zero-order valence-electron chi connectivity index (χ0n) is 9.80. The fourth-order valence-corrected chi connectivity index (χ4v) is 4.40. The summed E-state index contributed by atoms with van der Waals surface area (Å²) in [6, 6.07) is 7.24. The van der Waals surface area contributed by atoms with E-state index in [1.54, 1.807) is 23.9 Å². The lowest BCUT2D eigenvalue weighted by atomic mass is 10.1. The summed E-state index contributed by atoms with van der Waals surface area (Å²) in [4.78, 5) is 1.32. The molecule has 2 rings (SSSR count). The van der Waals surface area contributed by atoms with Gasteiger partial charge in [-0.05, 0) is 31.4 Å². The van der Waals surface area contributed by atoms with Crippen LogP contribution in [-0.4, -0.2) is 19.9 Å². The highest BCUT2D eigenvalue weighted by Crippen LogP contribution is 2.33. The molecule has 1 aromatic carbocycles. The third-order valence-corrected chi connectivity index (χ3v) is 5.33. The Labute approximate surface area is 107 Å². The lowest BCUT2D eigenvalue weighted by Gasteiger charge is -2.17. The van der Waals surface area contributed by atoms with E-state index in [0.29, 0.717) is 10.1 Å². The summed E-state index contributed by atoms with van der Waals surface area (Å²) < 4.78 is 23.3. The van der Waals surface area contributed by atoms with E-state index in [1.807, 2.05) is 12.1 Å². The van der Waals surface area contributed by atoms with E-state index in [0.717, 1.165) is 17.7 Å². The molecule has 0 heterocycles. The molecular weight excluding hydrogens is 252 g/mol. The zero-order valence-corrected chi connectivity index (χ0v) is 11.4. The summed E-state index contributed by atoms with van der Waals surface area (Å²) >= 11 is 1.65. The lowest BCUT2D eigenvalue weighted by molar-refractivity contribution is 0.600. The molecule has 2 nitrogen and oxygen atoms in total. The molecule has 1 atom stereocenters. The molecule has 0 unspecified atom stereocenters. The molecule has 0 spiro atoms. The molecule has 92 valence electrons. The van der Waals surface area contributed by atoms with Gasteiger partial charge in [-0.1, -0.05) is 24.3 Å². The van der Waals surface area contributed by atoms with Gasteiger partial charge in [0.1, 0.15) is 0 Å². The molecule has 1 aliphatic carbocycles. The van der Waals surface area contributed by atoms with Crippen LogP contribution in [0, 0.1) is 0 Å². The number of hydrogen-bond acceptors (Lipinski definition) is 3. The smallest absolute Gasteiger partial charge is 0.176 e. The van der Waals surface area contributed by atoms with Gasteiger partial charge in [-0.25, -0.2) is 8.42 Å². The molecule has 1 aliphatic rings. The molecule has 0 saturated heterocycles. The van der Waals surface area contributed by atoms with Crippen LogP contribution in [0.3, 0.4) is 0 Å². The first kappa shape index (κ1) is 12.7. The highest BCUT2D eigenvalue weighted by atomic mass is 32.2. The van der Waals surface area contributed by atoms with Crippen LogP contribution in [0.25, 0.3) is 0 Å². The van der Waals surface area contributed by atoms with Gasteiger partial charge in [0.05, 0.1) is 4.90 Å². The van der Waals surface area contributed by atoms with Gasteiger partial charge in [0.2, 0.25) is 0 Å². The minimum Gasteiger partial charge on any atom is -0.224 e. The van der Waals surface area contributed by atoms with Crippen LogP contribution in [0.1, 0.15) is 19.3 Å². The van der Waals surface area contributed by atoms with Crippen LogP contribution in [0.2, 0.25) is 0 Å². The highest BCUT2D eigenvalue weighted by molar-refractivity contribution is 8.01. The number of benzene rings is 1. The maximum absolute atomic E-state index is 11.7. The number of allylic oxidation sites excluding steroid dienone is 1. The Morgan fingerprint density at radius 2 is 2.06 bits per heavy atom. The van der Waals surface area contributed by atoms with Crippen LogP contribution in [0.4, 0.5) is 0 Å². The van der Waals surface area contributed by atoms with E-state index in [9.17, 15) is 8.42 Å². The topological polar surface area (TPSA) is 34.1 Å². The van der Waals surface area contributed by atoms with E-state index in [2.05, 4.69) is 12.2 Å². The number of thioether (sulfide) groups is 1. The number of hydrogen-bond donors (Lipinski definition) is 0. The second-order valence-electron chi connectivity index (χ2n) is 4.23. The fourth-order valence-electron chi connectivity index (χ4n) is 1.90. The van der Waals surface area contributed by atoms with Gasteiger partial charge in [-0.3, -0.25) is 0 Å². The third kappa shape index (κ3) is 3.36. The molecular formula is C13H16O2S2. The Kier molecular flexibility index (Phi) is 3.94. The lowest BCUT2D eigenvalue weighted by Crippen LogP contribution is -2.05. The van der Waals surface area contributed by atoms with Gasteiger partial charge >= 0.3 is 0 Å².